The molecule has 0 aliphatic rings. The molecule has 72 valence electrons. The number of aliphatic hydroxyl groups is 1. The molecule has 0 aromatic rings. The first kappa shape index (κ1) is 12.0. The van der Waals surface area contributed by atoms with Crippen LogP contribution in [0.1, 0.15) is 19.8 Å². The predicted molar refractivity (Wildman–Crippen MR) is 47.4 cm³/mol. The van der Waals surface area contributed by atoms with E-state index in [0.29, 0.717) is 6.61 Å². The van der Waals surface area contributed by atoms with Crippen molar-refractivity contribution in [2.75, 3.05) is 13.2 Å². The molecule has 0 aliphatic heterocycles. The minimum absolute atomic E-state index is 0.0927. The molecule has 0 fully saturated rings. The van der Waals surface area contributed by atoms with Crippen LogP contribution >= 0.6 is 23.2 Å². The van der Waals surface area contributed by atoms with Gasteiger partial charge in [0.25, 0.3) is 0 Å². The highest BCUT2D eigenvalue weighted by Crippen LogP contribution is 2.29. The Bertz CT molecular complexity index is 148. The number of aliphatic hydroxyl groups excluding tert-OH is 1. The molecular formula is C7H12Cl2O3. The number of esters is 1. The molecule has 0 saturated carbocycles. The summed E-state index contributed by atoms with van der Waals surface area (Å²) in [5, 5.41) is 8.52. The fourth-order valence-corrected chi connectivity index (χ4v) is 1.06. The van der Waals surface area contributed by atoms with Gasteiger partial charge in [-0.1, -0.05) is 0 Å². The summed E-state index contributed by atoms with van der Waals surface area (Å²) in [5.41, 5.74) is 0. The van der Waals surface area contributed by atoms with Crippen molar-refractivity contribution in [3.05, 3.63) is 0 Å². The van der Waals surface area contributed by atoms with E-state index in [1.165, 1.54) is 0 Å². The van der Waals surface area contributed by atoms with Crippen molar-refractivity contribution in [3.63, 3.8) is 0 Å². The van der Waals surface area contributed by atoms with Crippen LogP contribution in [0.5, 0.6) is 0 Å². The van der Waals surface area contributed by atoms with Gasteiger partial charge >= 0.3 is 5.97 Å². The van der Waals surface area contributed by atoms with Crippen molar-refractivity contribution >= 4 is 29.2 Å². The monoisotopic (exact) mass is 214 g/mol. The van der Waals surface area contributed by atoms with Crippen LogP contribution in [0.4, 0.5) is 0 Å². The van der Waals surface area contributed by atoms with Gasteiger partial charge in [-0.15, -0.1) is 23.2 Å². The summed E-state index contributed by atoms with van der Waals surface area (Å²) in [7, 11) is 0. The quantitative estimate of drug-likeness (QED) is 0.558. The van der Waals surface area contributed by atoms with Gasteiger partial charge in [-0.3, -0.25) is 4.79 Å². The maximum absolute atomic E-state index is 10.9. The number of rotatable bonds is 5. The lowest BCUT2D eigenvalue weighted by Gasteiger charge is -2.16. The summed E-state index contributed by atoms with van der Waals surface area (Å²) >= 11 is 11.3. The molecule has 5 heteroatoms. The van der Waals surface area contributed by atoms with E-state index in [2.05, 4.69) is 4.74 Å². The Morgan fingerprint density at radius 3 is 2.58 bits per heavy atom. The Hall–Kier alpha value is 0.01000. The van der Waals surface area contributed by atoms with Gasteiger partial charge in [0.15, 0.2) is 0 Å². The highest BCUT2D eigenvalue weighted by molar-refractivity contribution is 6.49. The molecule has 0 atom stereocenters. The zero-order valence-electron chi connectivity index (χ0n) is 6.85. The van der Waals surface area contributed by atoms with Crippen LogP contribution in [0, 0.1) is 0 Å². The maximum Gasteiger partial charge on any atom is 0.308 e. The highest BCUT2D eigenvalue weighted by Gasteiger charge is 2.27. The summed E-state index contributed by atoms with van der Waals surface area (Å²) in [4.78, 5) is 10.9. The number of carbonyl (C=O) groups excluding carboxylic acids is 1. The van der Waals surface area contributed by atoms with Crippen LogP contribution in [0.25, 0.3) is 0 Å². The fourth-order valence-electron chi connectivity index (χ4n) is 0.675. The third-order valence-electron chi connectivity index (χ3n) is 1.19. The summed E-state index contributed by atoms with van der Waals surface area (Å²) in [6, 6.07) is 0. The first-order valence-electron chi connectivity index (χ1n) is 3.66. The predicted octanol–water partition coefficient (Wildman–Crippen LogP) is 1.50. The SMILES string of the molecule is CCOC(=O)CC(Cl)(Cl)CCO. The zero-order valence-corrected chi connectivity index (χ0v) is 8.36. The number of hydrogen-bond acceptors (Lipinski definition) is 3. The molecule has 0 heterocycles. The van der Waals surface area contributed by atoms with Gasteiger partial charge in [0.05, 0.1) is 13.0 Å². The molecule has 0 radical (unpaired) electrons. The second kappa shape index (κ2) is 5.62. The first-order valence-corrected chi connectivity index (χ1v) is 4.41. The summed E-state index contributed by atoms with van der Waals surface area (Å²) in [6.45, 7) is 1.86. The van der Waals surface area contributed by atoms with Gasteiger partial charge in [-0.2, -0.15) is 0 Å². The largest absolute Gasteiger partial charge is 0.466 e. The molecule has 0 aromatic heterocycles. The van der Waals surface area contributed by atoms with E-state index in [-0.39, 0.29) is 19.4 Å². The normalized spacial score (nSPS) is 11.3. The van der Waals surface area contributed by atoms with Gasteiger partial charge < -0.3 is 9.84 Å². The Morgan fingerprint density at radius 2 is 2.17 bits per heavy atom. The van der Waals surface area contributed by atoms with E-state index in [9.17, 15) is 4.79 Å². The summed E-state index contributed by atoms with van der Waals surface area (Å²) in [6.07, 6.45) is 0.0689. The number of hydrogen-bond donors (Lipinski definition) is 1. The lowest BCUT2D eigenvalue weighted by Crippen LogP contribution is -2.21. The van der Waals surface area contributed by atoms with Crippen molar-refractivity contribution in [2.45, 2.75) is 24.1 Å². The van der Waals surface area contributed by atoms with E-state index < -0.39 is 10.3 Å². The molecule has 0 unspecified atom stereocenters. The average Bonchev–Trinajstić information content (AvgIpc) is 1.85. The lowest BCUT2D eigenvalue weighted by atomic mass is 10.2. The van der Waals surface area contributed by atoms with Crippen molar-refractivity contribution in [1.82, 2.24) is 0 Å². The molecule has 0 rings (SSSR count). The molecule has 3 nitrogen and oxygen atoms in total. The van der Waals surface area contributed by atoms with Crippen LogP contribution in [-0.4, -0.2) is 28.6 Å². The van der Waals surface area contributed by atoms with Crippen LogP contribution in [0.15, 0.2) is 0 Å². The standard InChI is InChI=1S/C7H12Cl2O3/c1-2-12-6(11)5-7(8,9)3-4-10/h10H,2-5H2,1H3. The minimum Gasteiger partial charge on any atom is -0.466 e. The van der Waals surface area contributed by atoms with Crippen molar-refractivity contribution in [2.24, 2.45) is 0 Å². The molecule has 0 bridgehead atoms. The summed E-state index contributed by atoms with van der Waals surface area (Å²) in [5.74, 6) is -0.448. The second-order valence-electron chi connectivity index (χ2n) is 2.31. The minimum atomic E-state index is -1.21. The van der Waals surface area contributed by atoms with Gasteiger partial charge in [-0.25, -0.2) is 0 Å². The van der Waals surface area contributed by atoms with E-state index in [0.717, 1.165) is 0 Å². The van der Waals surface area contributed by atoms with Crippen LogP contribution in [0.3, 0.4) is 0 Å². The third kappa shape index (κ3) is 5.63. The smallest absolute Gasteiger partial charge is 0.308 e. The highest BCUT2D eigenvalue weighted by atomic mass is 35.5. The molecule has 0 aliphatic carbocycles. The van der Waals surface area contributed by atoms with Gasteiger partial charge in [-0.05, 0) is 6.92 Å². The van der Waals surface area contributed by atoms with E-state index in [1.807, 2.05) is 0 Å². The van der Waals surface area contributed by atoms with Crippen molar-refractivity contribution in [3.8, 4) is 0 Å². The molecule has 0 aromatic carbocycles. The number of ether oxygens (including phenoxy) is 1. The maximum atomic E-state index is 10.9. The Kier molecular flexibility index (Phi) is 5.63. The molecule has 0 saturated heterocycles. The van der Waals surface area contributed by atoms with Crippen molar-refractivity contribution < 1.29 is 14.6 Å². The van der Waals surface area contributed by atoms with Crippen molar-refractivity contribution in [1.29, 1.82) is 0 Å². The fraction of sp³-hybridized carbons (Fsp3) is 0.857. The van der Waals surface area contributed by atoms with Gasteiger partial charge in [0.1, 0.15) is 4.33 Å². The van der Waals surface area contributed by atoms with E-state index in [4.69, 9.17) is 28.3 Å². The number of carbonyl (C=O) groups is 1. The summed E-state index contributed by atoms with van der Waals surface area (Å²) < 4.78 is 3.43. The topological polar surface area (TPSA) is 46.5 Å². The Morgan fingerprint density at radius 1 is 1.58 bits per heavy atom. The number of halogens is 2. The van der Waals surface area contributed by atoms with E-state index in [1.54, 1.807) is 6.92 Å². The Labute approximate surface area is 81.6 Å². The molecule has 12 heavy (non-hydrogen) atoms. The average molecular weight is 215 g/mol. The first-order chi connectivity index (χ1) is 5.52. The zero-order chi connectivity index (χ0) is 9.61. The van der Waals surface area contributed by atoms with Crippen LogP contribution < -0.4 is 0 Å². The molecule has 0 spiro atoms. The Balaban J connectivity index is 3.79. The van der Waals surface area contributed by atoms with Crippen LogP contribution in [-0.2, 0) is 9.53 Å². The van der Waals surface area contributed by atoms with Crippen LogP contribution in [0.2, 0.25) is 0 Å². The van der Waals surface area contributed by atoms with Gasteiger partial charge in [0, 0.05) is 13.0 Å². The van der Waals surface area contributed by atoms with Gasteiger partial charge in [0.2, 0.25) is 0 Å². The second-order valence-corrected chi connectivity index (χ2v) is 3.95. The molecule has 0 amide bonds. The molecular weight excluding hydrogens is 203 g/mol. The molecule has 1 N–H and O–H groups in total. The van der Waals surface area contributed by atoms with E-state index >= 15 is 0 Å². The third-order valence-corrected chi connectivity index (χ3v) is 1.83. The number of alkyl halides is 2. The lowest BCUT2D eigenvalue weighted by molar-refractivity contribution is -0.143.